The molecule has 1 fully saturated rings. The summed E-state index contributed by atoms with van der Waals surface area (Å²) in [6, 6.07) is 5.19. The quantitative estimate of drug-likeness (QED) is 0.460. The minimum Gasteiger partial charge on any atom is -0.381 e. The number of nitrogens with zero attached hydrogens (tertiary/aromatic N) is 5. The predicted octanol–water partition coefficient (Wildman–Crippen LogP) is 3.92. The van der Waals surface area contributed by atoms with Crippen LogP contribution in [0.2, 0.25) is 10.0 Å². The van der Waals surface area contributed by atoms with E-state index in [9.17, 15) is 9.90 Å². The Bertz CT molecular complexity index is 1140. The smallest absolute Gasteiger partial charge is 0.267 e. The van der Waals surface area contributed by atoms with E-state index < -0.39 is 0 Å². The number of rotatable bonds is 6. The molecule has 1 aliphatic rings. The molecule has 9 nitrogen and oxygen atoms in total. The summed E-state index contributed by atoms with van der Waals surface area (Å²) in [5, 5.41) is 16.7. The number of amides is 1. The highest BCUT2D eigenvalue weighted by Crippen LogP contribution is 2.31. The van der Waals surface area contributed by atoms with Crippen molar-refractivity contribution in [1.29, 1.82) is 0 Å². The van der Waals surface area contributed by atoms with Gasteiger partial charge >= 0.3 is 0 Å². The molecule has 1 aliphatic heterocycles. The summed E-state index contributed by atoms with van der Waals surface area (Å²) in [6.45, 7) is 6.79. The third kappa shape index (κ3) is 5.71. The number of halogens is 2. The van der Waals surface area contributed by atoms with Gasteiger partial charge in [-0.2, -0.15) is 0 Å². The van der Waals surface area contributed by atoms with Gasteiger partial charge in [0.1, 0.15) is 22.3 Å². The number of hydrogen-bond donors (Lipinski definition) is 3. The number of anilines is 4. The summed E-state index contributed by atoms with van der Waals surface area (Å²) in [6.07, 6.45) is 1.50. The Balaban J connectivity index is 1.45. The van der Waals surface area contributed by atoms with Gasteiger partial charge in [-0.05, 0) is 31.5 Å². The van der Waals surface area contributed by atoms with Crippen LogP contribution >= 0.6 is 34.5 Å². The summed E-state index contributed by atoms with van der Waals surface area (Å²) < 4.78 is 0. The Kier molecular flexibility index (Phi) is 7.30. The number of thiazole rings is 1. The van der Waals surface area contributed by atoms with Crippen LogP contribution in [0.25, 0.3) is 0 Å². The van der Waals surface area contributed by atoms with Crippen molar-refractivity contribution in [3.8, 4) is 0 Å². The average molecular weight is 508 g/mol. The highest BCUT2D eigenvalue weighted by Gasteiger charge is 2.19. The number of nitrogens with one attached hydrogen (secondary N) is 2. The molecule has 0 spiro atoms. The summed E-state index contributed by atoms with van der Waals surface area (Å²) in [4.78, 5) is 30.6. The normalized spacial score (nSPS) is 14.4. The summed E-state index contributed by atoms with van der Waals surface area (Å²) >= 11 is 13.4. The molecule has 1 aromatic carbocycles. The zero-order valence-electron chi connectivity index (χ0n) is 18.1. The van der Waals surface area contributed by atoms with Crippen LogP contribution in [-0.4, -0.2) is 63.8 Å². The number of benzene rings is 1. The van der Waals surface area contributed by atoms with Crippen LogP contribution in [-0.2, 0) is 0 Å². The molecule has 12 heteroatoms. The second-order valence-corrected chi connectivity index (χ2v) is 9.47. The van der Waals surface area contributed by atoms with E-state index in [4.69, 9.17) is 23.2 Å². The van der Waals surface area contributed by atoms with Gasteiger partial charge in [-0.3, -0.25) is 9.69 Å². The number of carbonyl (C=O) groups excluding carboxylic acids is 1. The summed E-state index contributed by atoms with van der Waals surface area (Å²) in [5.74, 6) is 1.72. The molecule has 1 saturated heterocycles. The molecule has 4 rings (SSSR count). The van der Waals surface area contributed by atoms with Crippen LogP contribution in [0.4, 0.5) is 22.5 Å². The molecule has 0 bridgehead atoms. The largest absolute Gasteiger partial charge is 0.381 e. The van der Waals surface area contributed by atoms with Crippen molar-refractivity contribution in [2.45, 2.75) is 13.8 Å². The van der Waals surface area contributed by atoms with E-state index in [1.807, 2.05) is 24.8 Å². The third-order valence-electron chi connectivity index (χ3n) is 5.18. The lowest BCUT2D eigenvalue weighted by Gasteiger charge is -2.34. The molecule has 0 aliphatic carbocycles. The fraction of sp³-hybridized carbons (Fsp3) is 0.333. The molecule has 3 aromatic rings. The number of hydrogen-bond acceptors (Lipinski definition) is 9. The van der Waals surface area contributed by atoms with Gasteiger partial charge in [-0.25, -0.2) is 15.0 Å². The Morgan fingerprint density at radius 2 is 1.91 bits per heavy atom. The van der Waals surface area contributed by atoms with Gasteiger partial charge in [0, 0.05) is 37.3 Å². The molecule has 3 heterocycles. The predicted molar refractivity (Wildman–Crippen MR) is 132 cm³/mol. The van der Waals surface area contributed by atoms with Crippen LogP contribution < -0.4 is 15.5 Å². The number of aliphatic hydroxyl groups is 1. The lowest BCUT2D eigenvalue weighted by Crippen LogP contribution is -2.47. The number of aromatic nitrogens is 3. The molecule has 1 amide bonds. The zero-order valence-corrected chi connectivity index (χ0v) is 20.4. The molecule has 0 unspecified atom stereocenters. The maximum Gasteiger partial charge on any atom is 0.267 e. The fourth-order valence-corrected chi connectivity index (χ4v) is 4.84. The van der Waals surface area contributed by atoms with Gasteiger partial charge in [-0.15, -0.1) is 0 Å². The first kappa shape index (κ1) is 23.7. The van der Waals surface area contributed by atoms with E-state index >= 15 is 0 Å². The molecular formula is C21H23Cl2N7O2S. The van der Waals surface area contributed by atoms with Gasteiger partial charge < -0.3 is 20.6 Å². The molecule has 0 saturated carbocycles. The van der Waals surface area contributed by atoms with E-state index in [2.05, 4.69) is 30.5 Å². The van der Waals surface area contributed by atoms with Crippen LogP contribution in [0.1, 0.15) is 21.1 Å². The van der Waals surface area contributed by atoms with Gasteiger partial charge in [0.05, 0.1) is 23.6 Å². The van der Waals surface area contributed by atoms with Crippen molar-refractivity contribution in [1.82, 2.24) is 19.9 Å². The number of carbonyl (C=O) groups is 1. The lowest BCUT2D eigenvalue weighted by molar-refractivity contribution is 0.102. The molecule has 0 atom stereocenters. The second-order valence-electron chi connectivity index (χ2n) is 7.59. The van der Waals surface area contributed by atoms with Crippen molar-refractivity contribution in [2.75, 3.05) is 48.4 Å². The standard InChI is InChI=1S/C21H23Cl2N7O2S/c1-12-7-14(22)8-15(23)19(12)28-20(32)16-10-24-21(33-16)27-17-9-18(26-13(2)25-17)30-5-3-29(11-31)4-6-30/h7-10,31H,3-6,11H2,1-2H3,(H,28,32)(H,24,25,26,27). The molecule has 3 N–H and O–H groups in total. The lowest BCUT2D eigenvalue weighted by atomic mass is 10.2. The van der Waals surface area contributed by atoms with Crippen molar-refractivity contribution >= 4 is 62.9 Å². The van der Waals surface area contributed by atoms with Gasteiger partial charge in [0.15, 0.2) is 5.13 Å². The monoisotopic (exact) mass is 507 g/mol. The van der Waals surface area contributed by atoms with Crippen LogP contribution in [0, 0.1) is 13.8 Å². The first-order valence-corrected chi connectivity index (χ1v) is 11.8. The van der Waals surface area contributed by atoms with Crippen molar-refractivity contribution < 1.29 is 9.90 Å². The van der Waals surface area contributed by atoms with E-state index in [1.165, 1.54) is 17.5 Å². The Morgan fingerprint density at radius 1 is 1.15 bits per heavy atom. The third-order valence-corrected chi connectivity index (χ3v) is 6.60. The fourth-order valence-electron chi connectivity index (χ4n) is 3.48. The Morgan fingerprint density at radius 3 is 2.61 bits per heavy atom. The van der Waals surface area contributed by atoms with Gasteiger partial charge in [0.25, 0.3) is 5.91 Å². The Labute approximate surface area is 205 Å². The van der Waals surface area contributed by atoms with Crippen LogP contribution in [0.3, 0.4) is 0 Å². The Hall–Kier alpha value is -2.50. The summed E-state index contributed by atoms with van der Waals surface area (Å²) in [7, 11) is 0. The molecule has 33 heavy (non-hydrogen) atoms. The SMILES string of the molecule is Cc1nc(Nc2ncc(C(=O)Nc3c(C)cc(Cl)cc3Cl)s2)cc(N2CCN(CO)CC2)n1. The molecular weight excluding hydrogens is 485 g/mol. The zero-order chi connectivity index (χ0) is 23.5. The van der Waals surface area contributed by atoms with Gasteiger partial charge in [-0.1, -0.05) is 34.5 Å². The van der Waals surface area contributed by atoms with Gasteiger partial charge in [0.2, 0.25) is 0 Å². The minimum absolute atomic E-state index is 0.0627. The van der Waals surface area contributed by atoms with E-state index in [0.717, 1.165) is 37.6 Å². The first-order chi connectivity index (χ1) is 15.8. The van der Waals surface area contributed by atoms with E-state index in [1.54, 1.807) is 12.1 Å². The molecule has 2 aromatic heterocycles. The maximum atomic E-state index is 12.7. The van der Waals surface area contributed by atoms with Crippen molar-refractivity contribution in [3.63, 3.8) is 0 Å². The maximum absolute atomic E-state index is 12.7. The van der Waals surface area contributed by atoms with Crippen molar-refractivity contribution in [2.24, 2.45) is 0 Å². The number of aryl methyl sites for hydroxylation is 2. The van der Waals surface area contributed by atoms with Crippen LogP contribution in [0.15, 0.2) is 24.4 Å². The van der Waals surface area contributed by atoms with Crippen LogP contribution in [0.5, 0.6) is 0 Å². The summed E-state index contributed by atoms with van der Waals surface area (Å²) in [5.41, 5.74) is 1.29. The number of piperazine rings is 1. The van der Waals surface area contributed by atoms with E-state index in [-0.39, 0.29) is 12.6 Å². The molecule has 174 valence electrons. The first-order valence-electron chi connectivity index (χ1n) is 10.3. The minimum atomic E-state index is -0.311. The average Bonchev–Trinajstić information content (AvgIpc) is 3.24. The van der Waals surface area contributed by atoms with E-state index in [0.29, 0.717) is 37.4 Å². The number of aliphatic hydroxyl groups excluding tert-OH is 1. The van der Waals surface area contributed by atoms with Crippen molar-refractivity contribution in [3.05, 3.63) is 50.7 Å². The highest BCUT2D eigenvalue weighted by molar-refractivity contribution is 7.17. The highest BCUT2D eigenvalue weighted by atomic mass is 35.5. The topological polar surface area (TPSA) is 107 Å². The second kappa shape index (κ2) is 10.2. The molecule has 0 radical (unpaired) electrons.